The van der Waals surface area contributed by atoms with Crippen molar-refractivity contribution in [2.24, 2.45) is 29.6 Å². The molecule has 0 radical (unpaired) electrons. The van der Waals surface area contributed by atoms with Crippen LogP contribution in [0, 0.1) is 29.6 Å². The molecule has 3 aliphatic carbocycles. The van der Waals surface area contributed by atoms with Gasteiger partial charge in [-0.2, -0.15) is 0 Å². The molecule has 1 aliphatic heterocycles. The molecule has 4 heteroatoms. The number of carbonyl (C=O) groups is 1. The van der Waals surface area contributed by atoms with Crippen molar-refractivity contribution in [3.8, 4) is 0 Å². The first-order chi connectivity index (χ1) is 9.18. The first-order valence-electron chi connectivity index (χ1n) is 7.76. The number of nitrogens with one attached hydrogen (secondary N) is 1. The Morgan fingerprint density at radius 1 is 1.21 bits per heavy atom. The number of ether oxygens (including phenoxy) is 1. The lowest BCUT2D eigenvalue weighted by molar-refractivity contribution is -0.126. The third-order valence-electron chi connectivity index (χ3n) is 6.05. The van der Waals surface area contributed by atoms with E-state index in [9.17, 15) is 9.90 Å². The average Bonchev–Trinajstić information content (AvgIpc) is 2.85. The molecule has 0 aromatic carbocycles. The Morgan fingerprint density at radius 2 is 1.84 bits per heavy atom. The second-order valence-electron chi connectivity index (χ2n) is 7.07. The predicted octanol–water partition coefficient (Wildman–Crippen LogP) is 0.936. The minimum absolute atomic E-state index is 0.200. The fourth-order valence-corrected chi connectivity index (χ4v) is 4.97. The molecule has 4 atom stereocenters. The lowest BCUT2D eigenvalue weighted by Crippen LogP contribution is -2.47. The zero-order valence-corrected chi connectivity index (χ0v) is 11.3. The van der Waals surface area contributed by atoms with Gasteiger partial charge in [-0.1, -0.05) is 0 Å². The number of rotatable bonds is 3. The van der Waals surface area contributed by atoms with Crippen molar-refractivity contribution in [2.75, 3.05) is 19.8 Å². The van der Waals surface area contributed by atoms with E-state index >= 15 is 0 Å². The van der Waals surface area contributed by atoms with Crippen molar-refractivity contribution < 1.29 is 14.6 Å². The summed E-state index contributed by atoms with van der Waals surface area (Å²) in [5, 5.41) is 13.4. The molecule has 4 unspecified atom stereocenters. The third-order valence-corrected chi connectivity index (χ3v) is 6.05. The molecule has 19 heavy (non-hydrogen) atoms. The Hall–Kier alpha value is -0.610. The highest BCUT2D eigenvalue weighted by Gasteiger charge is 2.67. The van der Waals surface area contributed by atoms with Crippen LogP contribution in [0.15, 0.2) is 0 Å². The molecule has 0 aromatic rings. The van der Waals surface area contributed by atoms with Crippen LogP contribution < -0.4 is 5.32 Å². The van der Waals surface area contributed by atoms with Gasteiger partial charge in [0.15, 0.2) is 0 Å². The van der Waals surface area contributed by atoms with Crippen LogP contribution in [-0.2, 0) is 9.53 Å². The highest BCUT2D eigenvalue weighted by molar-refractivity contribution is 5.82. The van der Waals surface area contributed by atoms with Crippen LogP contribution in [0.1, 0.15) is 32.1 Å². The van der Waals surface area contributed by atoms with E-state index in [0.717, 1.165) is 11.8 Å². The summed E-state index contributed by atoms with van der Waals surface area (Å²) in [6.45, 7) is 1.61. The minimum atomic E-state index is -0.739. The van der Waals surface area contributed by atoms with E-state index in [1.54, 1.807) is 0 Å². The maximum Gasteiger partial charge on any atom is 0.223 e. The Kier molecular flexibility index (Phi) is 2.68. The smallest absolute Gasteiger partial charge is 0.223 e. The van der Waals surface area contributed by atoms with Crippen molar-refractivity contribution in [3.63, 3.8) is 0 Å². The molecule has 0 aromatic heterocycles. The second kappa shape index (κ2) is 4.19. The molecule has 106 valence electrons. The first kappa shape index (κ1) is 12.2. The molecule has 4 nitrogen and oxygen atoms in total. The standard InChI is InChI=1S/C15H23NO3/c17-14(16-8-15(18)3-5-19-6-4-15)13-11-9-1-2-10(7-9)12(11)13/h9-13,18H,1-8H2,(H,16,17). The van der Waals surface area contributed by atoms with Gasteiger partial charge in [-0.3, -0.25) is 4.79 Å². The van der Waals surface area contributed by atoms with Crippen LogP contribution in [0.2, 0.25) is 0 Å². The molecule has 0 spiro atoms. The molecule has 1 heterocycles. The summed E-state index contributed by atoms with van der Waals surface area (Å²) in [7, 11) is 0. The van der Waals surface area contributed by atoms with E-state index in [2.05, 4.69) is 5.32 Å². The van der Waals surface area contributed by atoms with Crippen LogP contribution in [0.3, 0.4) is 0 Å². The zero-order valence-electron chi connectivity index (χ0n) is 11.3. The third kappa shape index (κ3) is 1.91. The number of fused-ring (bicyclic) bond motifs is 5. The summed E-state index contributed by atoms with van der Waals surface area (Å²) in [5.74, 6) is 3.50. The topological polar surface area (TPSA) is 58.6 Å². The van der Waals surface area contributed by atoms with Gasteiger partial charge in [-0.15, -0.1) is 0 Å². The van der Waals surface area contributed by atoms with Gasteiger partial charge in [-0.05, 0) is 42.9 Å². The van der Waals surface area contributed by atoms with Crippen LogP contribution in [0.5, 0.6) is 0 Å². The van der Waals surface area contributed by atoms with Crippen LogP contribution in [0.4, 0.5) is 0 Å². The van der Waals surface area contributed by atoms with Gasteiger partial charge in [0.1, 0.15) is 0 Å². The van der Waals surface area contributed by atoms with Gasteiger partial charge >= 0.3 is 0 Å². The molecule has 2 bridgehead atoms. The fraction of sp³-hybridized carbons (Fsp3) is 0.933. The Balaban J connectivity index is 1.31. The summed E-state index contributed by atoms with van der Waals surface area (Å²) >= 11 is 0. The van der Waals surface area contributed by atoms with Crippen molar-refractivity contribution in [1.82, 2.24) is 5.32 Å². The maximum absolute atomic E-state index is 12.3. The average molecular weight is 265 g/mol. The van der Waals surface area contributed by atoms with Gasteiger partial charge in [-0.25, -0.2) is 0 Å². The predicted molar refractivity (Wildman–Crippen MR) is 69.3 cm³/mol. The summed E-state index contributed by atoms with van der Waals surface area (Å²) in [6.07, 6.45) is 5.33. The van der Waals surface area contributed by atoms with Crippen molar-refractivity contribution in [1.29, 1.82) is 0 Å². The SMILES string of the molecule is O=C(NCC1(O)CCOCC1)C1C2C3CCC(C3)C12. The Morgan fingerprint density at radius 3 is 2.47 bits per heavy atom. The largest absolute Gasteiger partial charge is 0.388 e. The lowest BCUT2D eigenvalue weighted by Gasteiger charge is -2.32. The van der Waals surface area contributed by atoms with E-state index in [4.69, 9.17) is 4.74 Å². The van der Waals surface area contributed by atoms with Crippen LogP contribution in [0.25, 0.3) is 0 Å². The zero-order chi connectivity index (χ0) is 13.0. The molecule has 3 saturated carbocycles. The Labute approximate surface area is 113 Å². The van der Waals surface area contributed by atoms with Crippen molar-refractivity contribution >= 4 is 5.91 Å². The van der Waals surface area contributed by atoms with Crippen molar-refractivity contribution in [3.05, 3.63) is 0 Å². The minimum Gasteiger partial charge on any atom is -0.388 e. The fourth-order valence-electron chi connectivity index (χ4n) is 4.97. The highest BCUT2D eigenvalue weighted by atomic mass is 16.5. The molecule has 2 N–H and O–H groups in total. The maximum atomic E-state index is 12.3. The summed E-state index contributed by atoms with van der Waals surface area (Å²) < 4.78 is 5.26. The first-order valence-corrected chi connectivity index (χ1v) is 7.76. The number of amides is 1. The quantitative estimate of drug-likeness (QED) is 0.798. The van der Waals surface area contributed by atoms with E-state index in [1.165, 1.54) is 19.3 Å². The molecule has 4 rings (SSSR count). The molecule has 1 saturated heterocycles. The number of aliphatic hydroxyl groups is 1. The van der Waals surface area contributed by atoms with Crippen molar-refractivity contribution in [2.45, 2.75) is 37.7 Å². The van der Waals surface area contributed by atoms with E-state index in [0.29, 0.717) is 44.4 Å². The van der Waals surface area contributed by atoms with E-state index in [-0.39, 0.29) is 11.8 Å². The number of carbonyl (C=O) groups excluding carboxylic acids is 1. The molecule has 4 aliphatic rings. The molecular formula is C15H23NO3. The number of hydrogen-bond donors (Lipinski definition) is 2. The summed E-state index contributed by atoms with van der Waals surface area (Å²) in [5.41, 5.74) is -0.739. The van der Waals surface area contributed by atoms with Crippen LogP contribution in [-0.4, -0.2) is 36.4 Å². The van der Waals surface area contributed by atoms with Crippen LogP contribution >= 0.6 is 0 Å². The number of hydrogen-bond acceptors (Lipinski definition) is 3. The molecule has 4 fully saturated rings. The second-order valence-corrected chi connectivity index (χ2v) is 7.07. The van der Waals surface area contributed by atoms with Gasteiger partial charge in [0.25, 0.3) is 0 Å². The summed E-state index contributed by atoms with van der Waals surface area (Å²) in [4.78, 5) is 12.3. The monoisotopic (exact) mass is 265 g/mol. The van der Waals surface area contributed by atoms with Gasteiger partial charge in [0.05, 0.1) is 5.60 Å². The molecule has 1 amide bonds. The summed E-state index contributed by atoms with van der Waals surface area (Å²) in [6, 6.07) is 0. The highest BCUT2D eigenvalue weighted by Crippen LogP contribution is 2.69. The van der Waals surface area contributed by atoms with E-state index < -0.39 is 5.60 Å². The lowest BCUT2D eigenvalue weighted by atomic mass is 9.94. The van der Waals surface area contributed by atoms with Gasteiger partial charge in [0.2, 0.25) is 5.91 Å². The van der Waals surface area contributed by atoms with E-state index in [1.807, 2.05) is 0 Å². The van der Waals surface area contributed by atoms with Gasteiger partial charge < -0.3 is 15.2 Å². The van der Waals surface area contributed by atoms with Gasteiger partial charge in [0, 0.05) is 38.5 Å². The molecular weight excluding hydrogens is 242 g/mol. The Bertz CT molecular complexity index is 375. The normalized spacial score (nSPS) is 45.8.